The molecular formula is C17H17BrN2O. The Balaban J connectivity index is 2.37. The van der Waals surface area contributed by atoms with Crippen LogP contribution in [0.15, 0.2) is 34.8 Å². The highest BCUT2D eigenvalue weighted by atomic mass is 79.9. The van der Waals surface area contributed by atoms with Gasteiger partial charge in [0.15, 0.2) is 0 Å². The fraction of sp³-hybridized carbons (Fsp3) is 0.235. The molecule has 0 aliphatic carbocycles. The lowest BCUT2D eigenvalue weighted by molar-refractivity contribution is 0.471. The van der Waals surface area contributed by atoms with Gasteiger partial charge in [0.25, 0.3) is 0 Å². The van der Waals surface area contributed by atoms with Crippen LogP contribution in [-0.4, -0.2) is 0 Å². The van der Waals surface area contributed by atoms with Crippen molar-refractivity contribution < 1.29 is 4.74 Å². The molecule has 0 aliphatic heterocycles. The third kappa shape index (κ3) is 3.44. The number of hydrogen-bond acceptors (Lipinski definition) is 3. The molecule has 108 valence electrons. The van der Waals surface area contributed by atoms with E-state index in [1.54, 1.807) is 0 Å². The molecule has 0 aliphatic rings. The number of nitrogens with zero attached hydrogens (tertiary/aromatic N) is 1. The van der Waals surface area contributed by atoms with Gasteiger partial charge < -0.3 is 10.5 Å². The first-order chi connectivity index (χ1) is 9.92. The number of hydrogen-bond donors (Lipinski definition) is 1. The van der Waals surface area contributed by atoms with E-state index in [2.05, 4.69) is 22.0 Å². The Morgan fingerprint density at radius 3 is 2.29 bits per heavy atom. The minimum Gasteiger partial charge on any atom is -0.456 e. The molecule has 0 saturated carbocycles. The Morgan fingerprint density at radius 2 is 1.81 bits per heavy atom. The highest BCUT2D eigenvalue weighted by Gasteiger charge is 2.11. The van der Waals surface area contributed by atoms with E-state index in [9.17, 15) is 0 Å². The molecule has 21 heavy (non-hydrogen) atoms. The maximum Gasteiger partial charge on any atom is 0.141 e. The van der Waals surface area contributed by atoms with Crippen LogP contribution in [-0.2, 0) is 0 Å². The molecule has 0 bridgehead atoms. The van der Waals surface area contributed by atoms with Crippen LogP contribution in [0, 0.1) is 25.2 Å². The summed E-state index contributed by atoms with van der Waals surface area (Å²) in [7, 11) is 0. The predicted molar refractivity (Wildman–Crippen MR) is 87.4 cm³/mol. The van der Waals surface area contributed by atoms with Crippen LogP contribution in [0.2, 0.25) is 0 Å². The second-order valence-electron chi connectivity index (χ2n) is 5.13. The smallest absolute Gasteiger partial charge is 0.141 e. The van der Waals surface area contributed by atoms with Gasteiger partial charge in [-0.3, -0.25) is 0 Å². The zero-order valence-corrected chi connectivity index (χ0v) is 13.9. The fourth-order valence-electron chi connectivity index (χ4n) is 2.17. The summed E-state index contributed by atoms with van der Waals surface area (Å²) in [6.07, 6.45) is 0. The van der Waals surface area contributed by atoms with E-state index in [1.165, 1.54) is 0 Å². The largest absolute Gasteiger partial charge is 0.456 e. The summed E-state index contributed by atoms with van der Waals surface area (Å²) >= 11 is 3.52. The molecule has 0 fully saturated rings. The normalized spacial score (nSPS) is 11.8. The first-order valence-corrected chi connectivity index (χ1v) is 7.46. The zero-order valence-electron chi connectivity index (χ0n) is 12.3. The van der Waals surface area contributed by atoms with Crippen molar-refractivity contribution in [2.24, 2.45) is 5.73 Å². The van der Waals surface area contributed by atoms with Gasteiger partial charge in [-0.1, -0.05) is 6.07 Å². The molecule has 1 unspecified atom stereocenters. The van der Waals surface area contributed by atoms with Crippen LogP contribution in [0.25, 0.3) is 0 Å². The average Bonchev–Trinajstić information content (AvgIpc) is 2.43. The summed E-state index contributed by atoms with van der Waals surface area (Å²) in [5, 5.41) is 8.98. The molecule has 2 N–H and O–H groups in total. The number of halogens is 1. The van der Waals surface area contributed by atoms with Gasteiger partial charge in [-0.05, 0) is 77.7 Å². The third-order valence-electron chi connectivity index (χ3n) is 3.28. The van der Waals surface area contributed by atoms with Crippen molar-refractivity contribution in [3.63, 3.8) is 0 Å². The highest BCUT2D eigenvalue weighted by Crippen LogP contribution is 2.35. The summed E-state index contributed by atoms with van der Waals surface area (Å²) < 4.78 is 6.87. The Bertz CT molecular complexity index is 694. The van der Waals surface area contributed by atoms with Crippen molar-refractivity contribution in [1.29, 1.82) is 5.26 Å². The van der Waals surface area contributed by atoms with E-state index in [1.807, 2.05) is 51.1 Å². The lowest BCUT2D eigenvalue weighted by atomic mass is 10.1. The Labute approximate surface area is 133 Å². The van der Waals surface area contributed by atoms with Gasteiger partial charge in [-0.2, -0.15) is 5.26 Å². The minimum absolute atomic E-state index is 0.0197. The number of nitrogens with two attached hydrogens (primary N) is 1. The Morgan fingerprint density at radius 1 is 1.19 bits per heavy atom. The van der Waals surface area contributed by atoms with Gasteiger partial charge in [0.1, 0.15) is 11.5 Å². The van der Waals surface area contributed by atoms with Gasteiger partial charge in [-0.25, -0.2) is 0 Å². The molecule has 2 aromatic rings. The van der Waals surface area contributed by atoms with E-state index >= 15 is 0 Å². The number of rotatable bonds is 3. The standard InChI is InChI=1S/C17H17BrN2O/c1-10-6-13(9-19)7-11(2)17(10)21-16-5-4-14(12(3)20)8-15(16)18/h4-8,12H,20H2,1-3H3. The molecule has 0 aromatic heterocycles. The molecule has 2 rings (SSSR count). The molecule has 0 amide bonds. The van der Waals surface area contributed by atoms with Crippen LogP contribution in [0.5, 0.6) is 11.5 Å². The molecule has 2 aromatic carbocycles. The number of nitriles is 1. The van der Waals surface area contributed by atoms with Crippen molar-refractivity contribution in [3.05, 3.63) is 57.1 Å². The maximum absolute atomic E-state index is 8.98. The fourth-order valence-corrected chi connectivity index (χ4v) is 2.65. The van der Waals surface area contributed by atoms with Crippen LogP contribution < -0.4 is 10.5 Å². The summed E-state index contributed by atoms with van der Waals surface area (Å²) in [5.74, 6) is 1.51. The van der Waals surface area contributed by atoms with Gasteiger partial charge in [0.2, 0.25) is 0 Å². The number of ether oxygens (including phenoxy) is 1. The first kappa shape index (κ1) is 15.6. The highest BCUT2D eigenvalue weighted by molar-refractivity contribution is 9.10. The number of benzene rings is 2. The lowest BCUT2D eigenvalue weighted by Crippen LogP contribution is -2.04. The molecule has 1 atom stereocenters. The molecule has 3 nitrogen and oxygen atoms in total. The third-order valence-corrected chi connectivity index (χ3v) is 3.90. The SMILES string of the molecule is Cc1cc(C#N)cc(C)c1Oc1ccc(C(C)N)cc1Br. The molecule has 0 saturated heterocycles. The molecular weight excluding hydrogens is 328 g/mol. The van der Waals surface area contributed by atoms with E-state index in [-0.39, 0.29) is 6.04 Å². The van der Waals surface area contributed by atoms with Gasteiger partial charge in [0, 0.05) is 6.04 Å². The summed E-state index contributed by atoms with van der Waals surface area (Å²) in [5.41, 5.74) is 9.44. The minimum atomic E-state index is -0.0197. The monoisotopic (exact) mass is 344 g/mol. The quantitative estimate of drug-likeness (QED) is 0.873. The average molecular weight is 345 g/mol. The summed E-state index contributed by atoms with van der Waals surface area (Å²) in [6, 6.07) is 11.6. The van der Waals surface area contributed by atoms with Crippen molar-refractivity contribution >= 4 is 15.9 Å². The van der Waals surface area contributed by atoms with Crippen LogP contribution in [0.4, 0.5) is 0 Å². The Kier molecular flexibility index (Phi) is 4.66. The number of aryl methyl sites for hydroxylation is 2. The van der Waals surface area contributed by atoms with Crippen LogP contribution in [0.3, 0.4) is 0 Å². The van der Waals surface area contributed by atoms with Crippen molar-refractivity contribution in [2.45, 2.75) is 26.8 Å². The van der Waals surface area contributed by atoms with Gasteiger partial charge >= 0.3 is 0 Å². The second-order valence-corrected chi connectivity index (χ2v) is 5.99. The van der Waals surface area contributed by atoms with Gasteiger partial charge in [0.05, 0.1) is 16.1 Å². The van der Waals surface area contributed by atoms with E-state index in [0.717, 1.165) is 32.7 Å². The van der Waals surface area contributed by atoms with E-state index < -0.39 is 0 Å². The van der Waals surface area contributed by atoms with Gasteiger partial charge in [-0.15, -0.1) is 0 Å². The molecule has 0 heterocycles. The maximum atomic E-state index is 8.98. The van der Waals surface area contributed by atoms with E-state index in [4.69, 9.17) is 15.7 Å². The second kappa shape index (κ2) is 6.30. The zero-order chi connectivity index (χ0) is 15.6. The van der Waals surface area contributed by atoms with E-state index in [0.29, 0.717) is 5.56 Å². The van der Waals surface area contributed by atoms with Crippen LogP contribution in [0.1, 0.15) is 35.2 Å². The Hall–Kier alpha value is -1.83. The van der Waals surface area contributed by atoms with Crippen molar-refractivity contribution in [3.8, 4) is 17.6 Å². The first-order valence-electron chi connectivity index (χ1n) is 6.66. The molecule has 0 radical (unpaired) electrons. The molecule has 4 heteroatoms. The van der Waals surface area contributed by atoms with Crippen molar-refractivity contribution in [2.75, 3.05) is 0 Å². The summed E-state index contributed by atoms with van der Waals surface area (Å²) in [4.78, 5) is 0. The molecule has 0 spiro atoms. The predicted octanol–water partition coefficient (Wildman–Crippen LogP) is 4.75. The van der Waals surface area contributed by atoms with Crippen LogP contribution >= 0.6 is 15.9 Å². The summed E-state index contributed by atoms with van der Waals surface area (Å²) in [6.45, 7) is 5.82. The lowest BCUT2D eigenvalue weighted by Gasteiger charge is -2.15. The topological polar surface area (TPSA) is 59.0 Å². The van der Waals surface area contributed by atoms with Crippen molar-refractivity contribution in [1.82, 2.24) is 0 Å².